The Morgan fingerprint density at radius 1 is 1.30 bits per heavy atom. The number of nitrogens with two attached hydrogens (primary N) is 1. The fourth-order valence-electron chi connectivity index (χ4n) is 5.25. The zero-order valence-corrected chi connectivity index (χ0v) is 19.7. The molecule has 3 aliphatic rings. The fraction of sp³-hybridized carbons (Fsp3) is 0.545. The molecule has 0 saturated heterocycles. The molecule has 2 amide bonds. The first-order valence-corrected chi connectivity index (χ1v) is 12.7. The van der Waals surface area contributed by atoms with Gasteiger partial charge in [0.1, 0.15) is 11.0 Å². The van der Waals surface area contributed by atoms with Crippen LogP contribution in [0.3, 0.4) is 0 Å². The van der Waals surface area contributed by atoms with E-state index in [0.29, 0.717) is 19.8 Å². The van der Waals surface area contributed by atoms with Crippen LogP contribution in [-0.4, -0.2) is 53.6 Å². The van der Waals surface area contributed by atoms with Crippen molar-refractivity contribution in [1.82, 2.24) is 9.78 Å². The van der Waals surface area contributed by atoms with Gasteiger partial charge in [-0.15, -0.1) is 4.36 Å². The molecule has 0 fully saturated rings. The average Bonchev–Trinajstić information content (AvgIpc) is 3.51. The highest BCUT2D eigenvalue weighted by molar-refractivity contribution is 7.91. The third kappa shape index (κ3) is 4.03. The van der Waals surface area contributed by atoms with E-state index < -0.39 is 15.9 Å². The number of amides is 2. The van der Waals surface area contributed by atoms with Crippen molar-refractivity contribution in [3.63, 3.8) is 0 Å². The molecular formula is C22H29N5O5S. The summed E-state index contributed by atoms with van der Waals surface area (Å²) in [6.07, 6.45) is 5.95. The highest BCUT2D eigenvalue weighted by atomic mass is 32.2. The topological polar surface area (TPSA) is 130 Å². The number of rotatable bonds is 6. The molecular weight excluding hydrogens is 446 g/mol. The molecule has 10 nitrogen and oxygen atoms in total. The second kappa shape index (κ2) is 8.71. The van der Waals surface area contributed by atoms with E-state index in [9.17, 15) is 9.00 Å². The number of ether oxygens (including phenoxy) is 3. The molecule has 0 spiro atoms. The van der Waals surface area contributed by atoms with Crippen LogP contribution in [0.5, 0.6) is 5.88 Å². The number of nitrogens with zero attached hydrogens (tertiary/aromatic N) is 3. The first-order valence-electron chi connectivity index (χ1n) is 11.1. The highest BCUT2D eigenvalue weighted by Crippen LogP contribution is 2.44. The molecule has 2 aromatic rings. The van der Waals surface area contributed by atoms with E-state index in [4.69, 9.17) is 19.3 Å². The van der Waals surface area contributed by atoms with Crippen LogP contribution in [0.2, 0.25) is 0 Å². The van der Waals surface area contributed by atoms with Gasteiger partial charge in [0, 0.05) is 25.8 Å². The van der Waals surface area contributed by atoms with E-state index in [1.807, 2.05) is 0 Å². The van der Waals surface area contributed by atoms with Crippen molar-refractivity contribution in [2.24, 2.45) is 9.50 Å². The largest absolute Gasteiger partial charge is 0.469 e. The summed E-state index contributed by atoms with van der Waals surface area (Å²) in [7, 11) is -0.301. The Bertz CT molecular complexity index is 1220. The number of hydrogen-bond donors (Lipinski definition) is 2. The standard InChI is InChI=1S/C22H29N5O5S/c1-30-11-15-7-6-14-8-13-4-3-5-17(13)20(19(14)15)25-22(28)26-33(23,29)18-9-24-27-10-16(12-31-2)32-21(18)27/h8-9,15-16H,3-7,10-12H2,1-2H3,(H3,23,25,26,28,29)/t15-,16+,33?/m1/s1. The third-order valence-corrected chi connectivity index (χ3v) is 7.94. The summed E-state index contributed by atoms with van der Waals surface area (Å²) in [5.74, 6) is 0.473. The molecule has 3 N–H and O–H groups in total. The second-order valence-electron chi connectivity index (χ2n) is 8.79. The number of hydrogen-bond acceptors (Lipinski definition) is 6. The van der Waals surface area contributed by atoms with Crippen molar-refractivity contribution in [3.05, 3.63) is 34.5 Å². The van der Waals surface area contributed by atoms with E-state index in [0.717, 1.165) is 48.9 Å². The van der Waals surface area contributed by atoms with Crippen LogP contribution in [0.1, 0.15) is 41.0 Å². The lowest BCUT2D eigenvalue weighted by Crippen LogP contribution is -2.22. The predicted molar refractivity (Wildman–Crippen MR) is 122 cm³/mol. The number of urea groups is 1. The highest BCUT2D eigenvalue weighted by Gasteiger charge is 2.33. The number of nitrogens with one attached hydrogen (secondary N) is 1. The maximum absolute atomic E-state index is 13.3. The maximum atomic E-state index is 13.3. The van der Waals surface area contributed by atoms with Crippen LogP contribution in [0.4, 0.5) is 10.5 Å². The zero-order chi connectivity index (χ0) is 23.2. The first kappa shape index (κ1) is 22.3. The Morgan fingerprint density at radius 3 is 2.91 bits per heavy atom. The minimum atomic E-state index is -3.56. The Hall–Kier alpha value is -2.47. The van der Waals surface area contributed by atoms with Crippen molar-refractivity contribution < 1.29 is 23.2 Å². The SMILES string of the molecule is COC[C@@H]1Cn2ncc(S(N)(=O)=NC(=O)Nc3c4c(cc5c3[C@@H](COC)CC5)CCC4)c2O1. The average molecular weight is 476 g/mol. The molecule has 1 unspecified atom stereocenters. The fourth-order valence-corrected chi connectivity index (χ4v) is 6.24. The van der Waals surface area contributed by atoms with Gasteiger partial charge >= 0.3 is 6.03 Å². The van der Waals surface area contributed by atoms with Gasteiger partial charge in [-0.25, -0.2) is 18.8 Å². The van der Waals surface area contributed by atoms with Gasteiger partial charge in [-0.3, -0.25) is 0 Å². The second-order valence-corrected chi connectivity index (χ2v) is 10.5. The summed E-state index contributed by atoms with van der Waals surface area (Å²) in [6, 6.07) is 1.54. The molecule has 3 atom stereocenters. The molecule has 5 rings (SSSR count). The number of anilines is 1. The summed E-state index contributed by atoms with van der Waals surface area (Å²) < 4.78 is 35.0. The zero-order valence-electron chi connectivity index (χ0n) is 18.8. The quantitative estimate of drug-likeness (QED) is 0.660. The Balaban J connectivity index is 1.46. The van der Waals surface area contributed by atoms with E-state index in [1.165, 1.54) is 17.3 Å². The molecule has 2 heterocycles. The molecule has 2 aliphatic carbocycles. The van der Waals surface area contributed by atoms with Crippen LogP contribution in [-0.2, 0) is 45.2 Å². The maximum Gasteiger partial charge on any atom is 0.354 e. The molecule has 178 valence electrons. The lowest BCUT2D eigenvalue weighted by molar-refractivity contribution is 0.0920. The molecule has 11 heteroatoms. The smallest absolute Gasteiger partial charge is 0.354 e. The van der Waals surface area contributed by atoms with Crippen LogP contribution in [0.25, 0.3) is 0 Å². The number of fused-ring (bicyclic) bond motifs is 3. The number of aryl methyl sites for hydroxylation is 2. The normalized spacial score (nSPS) is 22.3. The minimum absolute atomic E-state index is 0.108. The summed E-state index contributed by atoms with van der Waals surface area (Å²) in [6.45, 7) is 1.40. The van der Waals surface area contributed by atoms with Gasteiger partial charge in [-0.05, 0) is 54.4 Å². The number of benzene rings is 1. The Morgan fingerprint density at radius 2 is 2.12 bits per heavy atom. The molecule has 0 saturated carbocycles. The van der Waals surface area contributed by atoms with Crippen molar-refractivity contribution in [2.75, 3.05) is 32.8 Å². The predicted octanol–water partition coefficient (Wildman–Crippen LogP) is 2.39. The van der Waals surface area contributed by atoms with Gasteiger partial charge in [0.05, 0.1) is 26.0 Å². The summed E-state index contributed by atoms with van der Waals surface area (Å²) >= 11 is 0. The Labute approximate surface area is 193 Å². The molecule has 1 aromatic heterocycles. The van der Waals surface area contributed by atoms with Crippen LogP contribution in [0, 0.1) is 0 Å². The lowest BCUT2D eigenvalue weighted by Gasteiger charge is -2.19. The van der Waals surface area contributed by atoms with Gasteiger partial charge in [0.15, 0.2) is 9.92 Å². The van der Waals surface area contributed by atoms with Gasteiger partial charge in [0.25, 0.3) is 0 Å². The summed E-state index contributed by atoms with van der Waals surface area (Å²) in [4.78, 5) is 13.1. The van der Waals surface area contributed by atoms with E-state index in [-0.39, 0.29) is 22.8 Å². The molecule has 1 aromatic carbocycles. The molecule has 33 heavy (non-hydrogen) atoms. The summed E-state index contributed by atoms with van der Waals surface area (Å²) in [5, 5.41) is 13.2. The monoisotopic (exact) mass is 475 g/mol. The van der Waals surface area contributed by atoms with Crippen LogP contribution >= 0.6 is 0 Å². The number of carbonyl (C=O) groups excluding carboxylic acids is 1. The molecule has 0 bridgehead atoms. The van der Waals surface area contributed by atoms with E-state index in [1.54, 1.807) is 18.9 Å². The molecule has 0 radical (unpaired) electrons. The number of methoxy groups -OCH3 is 2. The van der Waals surface area contributed by atoms with Gasteiger partial charge < -0.3 is 19.5 Å². The van der Waals surface area contributed by atoms with Crippen molar-refractivity contribution >= 4 is 21.6 Å². The van der Waals surface area contributed by atoms with Crippen molar-refractivity contribution in [3.8, 4) is 5.88 Å². The first-order chi connectivity index (χ1) is 15.9. The van der Waals surface area contributed by atoms with E-state index in [2.05, 4.69) is 20.8 Å². The number of carbonyl (C=O) groups is 1. The lowest BCUT2D eigenvalue weighted by atomic mass is 9.94. The minimum Gasteiger partial charge on any atom is -0.469 e. The number of aromatic nitrogens is 2. The van der Waals surface area contributed by atoms with Crippen molar-refractivity contribution in [2.45, 2.75) is 55.6 Å². The van der Waals surface area contributed by atoms with Gasteiger partial charge in [-0.2, -0.15) is 5.10 Å². The van der Waals surface area contributed by atoms with E-state index >= 15 is 0 Å². The van der Waals surface area contributed by atoms with Crippen molar-refractivity contribution in [1.29, 1.82) is 0 Å². The third-order valence-electron chi connectivity index (χ3n) is 6.60. The van der Waals surface area contributed by atoms with Crippen LogP contribution < -0.4 is 15.2 Å². The van der Waals surface area contributed by atoms with Crippen LogP contribution in [0.15, 0.2) is 21.5 Å². The van der Waals surface area contributed by atoms with Gasteiger partial charge in [-0.1, -0.05) is 6.07 Å². The van der Waals surface area contributed by atoms with Gasteiger partial charge in [0.2, 0.25) is 5.88 Å². The molecule has 1 aliphatic heterocycles. The Kier molecular flexibility index (Phi) is 5.89. The summed E-state index contributed by atoms with van der Waals surface area (Å²) in [5.41, 5.74) is 5.55.